The number of para-hydroxylation sites is 1. The molecule has 0 aliphatic heterocycles. The van der Waals surface area contributed by atoms with Gasteiger partial charge in [-0.3, -0.25) is 24.3 Å². The van der Waals surface area contributed by atoms with Gasteiger partial charge in [0.1, 0.15) is 11.5 Å². The first-order valence-electron chi connectivity index (χ1n) is 9.48. The number of amides is 1. The molecule has 0 fully saturated rings. The standard InChI is InChI=1S/C22H14ClFN4O4S/c23-13-5-8-15(9-6-13)27-21(30)16-3-1-2-4-17(16)26-22(27)33-12-20(29)25-18-10-7-14(24)11-19(18)28(31)32/h1-11H,12H2,(H,25,29). The van der Waals surface area contributed by atoms with Crippen LogP contribution in [0.15, 0.2) is 76.7 Å². The molecular formula is C22H14ClFN4O4S. The molecule has 4 aromatic rings. The molecule has 1 heterocycles. The maximum Gasteiger partial charge on any atom is 0.295 e. The van der Waals surface area contributed by atoms with Crippen molar-refractivity contribution in [1.29, 1.82) is 0 Å². The summed E-state index contributed by atoms with van der Waals surface area (Å²) in [5.74, 6) is -1.58. The van der Waals surface area contributed by atoms with Crippen LogP contribution in [0.3, 0.4) is 0 Å². The summed E-state index contributed by atoms with van der Waals surface area (Å²) in [5, 5.41) is 14.7. The number of nitrogens with one attached hydrogen (secondary N) is 1. The fourth-order valence-electron chi connectivity index (χ4n) is 3.10. The molecule has 1 aromatic heterocycles. The number of hydrogen-bond acceptors (Lipinski definition) is 6. The van der Waals surface area contributed by atoms with E-state index in [-0.39, 0.29) is 22.2 Å². The second kappa shape index (κ2) is 9.39. The van der Waals surface area contributed by atoms with E-state index in [1.165, 1.54) is 4.57 Å². The molecule has 0 aliphatic carbocycles. The Morgan fingerprint density at radius 1 is 1.15 bits per heavy atom. The normalized spacial score (nSPS) is 10.8. The molecule has 3 aromatic carbocycles. The lowest BCUT2D eigenvalue weighted by Gasteiger charge is -2.13. The zero-order valence-electron chi connectivity index (χ0n) is 16.7. The van der Waals surface area contributed by atoms with Crippen molar-refractivity contribution >= 4 is 51.5 Å². The molecule has 0 bridgehead atoms. The van der Waals surface area contributed by atoms with E-state index >= 15 is 0 Å². The Bertz CT molecular complexity index is 1440. The Morgan fingerprint density at radius 3 is 2.61 bits per heavy atom. The number of aromatic nitrogens is 2. The second-order valence-electron chi connectivity index (χ2n) is 6.78. The van der Waals surface area contributed by atoms with Crippen LogP contribution in [0.1, 0.15) is 0 Å². The summed E-state index contributed by atoms with van der Waals surface area (Å²) >= 11 is 6.95. The van der Waals surface area contributed by atoms with Crippen LogP contribution in [0.4, 0.5) is 15.8 Å². The summed E-state index contributed by atoms with van der Waals surface area (Å²) in [5.41, 5.74) is -0.0339. The summed E-state index contributed by atoms with van der Waals surface area (Å²) in [6, 6.07) is 16.3. The van der Waals surface area contributed by atoms with Gasteiger partial charge in [0.25, 0.3) is 11.2 Å². The van der Waals surface area contributed by atoms with Crippen molar-refractivity contribution < 1.29 is 14.1 Å². The fraction of sp³-hybridized carbons (Fsp3) is 0.0455. The molecule has 8 nitrogen and oxygen atoms in total. The fourth-order valence-corrected chi connectivity index (χ4v) is 4.04. The average Bonchev–Trinajstić information content (AvgIpc) is 2.80. The number of halogens is 2. The first kappa shape index (κ1) is 22.4. The van der Waals surface area contributed by atoms with Crippen LogP contribution in [0, 0.1) is 15.9 Å². The minimum absolute atomic E-state index is 0.131. The highest BCUT2D eigenvalue weighted by Gasteiger charge is 2.19. The molecule has 0 radical (unpaired) electrons. The van der Waals surface area contributed by atoms with Crippen LogP contribution in [0.5, 0.6) is 0 Å². The predicted octanol–water partition coefficient (Wildman–Crippen LogP) is 4.82. The molecular weight excluding hydrogens is 471 g/mol. The summed E-state index contributed by atoms with van der Waals surface area (Å²) in [6.45, 7) is 0. The molecule has 0 spiro atoms. The highest BCUT2D eigenvalue weighted by Crippen LogP contribution is 2.26. The minimum atomic E-state index is -0.790. The van der Waals surface area contributed by atoms with Gasteiger partial charge in [0.15, 0.2) is 5.16 Å². The van der Waals surface area contributed by atoms with Crippen molar-refractivity contribution in [3.05, 3.63) is 98.0 Å². The Hall–Kier alpha value is -3.76. The Labute approximate surface area is 195 Å². The molecule has 166 valence electrons. The highest BCUT2D eigenvalue weighted by molar-refractivity contribution is 7.99. The lowest BCUT2D eigenvalue weighted by Crippen LogP contribution is -2.23. The number of rotatable bonds is 6. The van der Waals surface area contributed by atoms with Gasteiger partial charge in [-0.25, -0.2) is 9.37 Å². The summed E-state index contributed by atoms with van der Waals surface area (Å²) in [4.78, 5) is 40.6. The molecule has 0 aliphatic rings. The third-order valence-electron chi connectivity index (χ3n) is 4.59. The maximum atomic E-state index is 13.3. The minimum Gasteiger partial charge on any atom is -0.320 e. The average molecular weight is 485 g/mol. The predicted molar refractivity (Wildman–Crippen MR) is 125 cm³/mol. The second-order valence-corrected chi connectivity index (χ2v) is 8.16. The number of anilines is 1. The van der Waals surface area contributed by atoms with E-state index in [9.17, 15) is 24.1 Å². The van der Waals surface area contributed by atoms with Gasteiger partial charge in [0.05, 0.1) is 33.3 Å². The summed E-state index contributed by atoms with van der Waals surface area (Å²) in [6.07, 6.45) is 0. The lowest BCUT2D eigenvalue weighted by atomic mass is 10.2. The van der Waals surface area contributed by atoms with Crippen molar-refractivity contribution in [1.82, 2.24) is 9.55 Å². The molecule has 0 saturated carbocycles. The number of benzene rings is 3. The van der Waals surface area contributed by atoms with E-state index in [2.05, 4.69) is 10.3 Å². The number of hydrogen-bond donors (Lipinski definition) is 1. The molecule has 1 amide bonds. The molecule has 0 unspecified atom stereocenters. The van der Waals surface area contributed by atoms with Crippen LogP contribution in [-0.4, -0.2) is 26.1 Å². The Balaban J connectivity index is 1.65. The van der Waals surface area contributed by atoms with Gasteiger partial charge in [-0.05, 0) is 48.5 Å². The third kappa shape index (κ3) is 4.86. The van der Waals surface area contributed by atoms with Crippen LogP contribution >= 0.6 is 23.4 Å². The van der Waals surface area contributed by atoms with Crippen molar-refractivity contribution in [3.8, 4) is 5.69 Å². The van der Waals surface area contributed by atoms with E-state index in [0.717, 1.165) is 30.0 Å². The first-order chi connectivity index (χ1) is 15.8. The van der Waals surface area contributed by atoms with Crippen molar-refractivity contribution in [3.63, 3.8) is 0 Å². The lowest BCUT2D eigenvalue weighted by molar-refractivity contribution is -0.384. The first-order valence-corrected chi connectivity index (χ1v) is 10.8. The van der Waals surface area contributed by atoms with Gasteiger partial charge < -0.3 is 5.32 Å². The van der Waals surface area contributed by atoms with Gasteiger partial charge >= 0.3 is 0 Å². The summed E-state index contributed by atoms with van der Waals surface area (Å²) < 4.78 is 14.7. The monoisotopic (exact) mass is 484 g/mol. The van der Waals surface area contributed by atoms with Gasteiger partial charge in [-0.1, -0.05) is 35.5 Å². The molecule has 0 saturated heterocycles. The van der Waals surface area contributed by atoms with Crippen molar-refractivity contribution in [2.24, 2.45) is 0 Å². The van der Waals surface area contributed by atoms with Crippen molar-refractivity contribution in [2.75, 3.05) is 11.1 Å². The van der Waals surface area contributed by atoms with Crippen molar-refractivity contribution in [2.45, 2.75) is 5.16 Å². The number of nitro groups is 1. The van der Waals surface area contributed by atoms with Gasteiger partial charge in [-0.2, -0.15) is 0 Å². The number of fused-ring (bicyclic) bond motifs is 1. The third-order valence-corrected chi connectivity index (χ3v) is 5.78. The quantitative estimate of drug-likeness (QED) is 0.182. The SMILES string of the molecule is O=C(CSc1nc2ccccc2c(=O)n1-c1ccc(Cl)cc1)Nc1ccc(F)cc1[N+](=O)[O-]. The molecule has 0 atom stereocenters. The van der Waals surface area contributed by atoms with E-state index in [4.69, 9.17) is 11.6 Å². The Kier molecular flexibility index (Phi) is 6.38. The van der Waals surface area contributed by atoms with E-state index in [1.54, 1.807) is 48.5 Å². The molecule has 1 N–H and O–H groups in total. The van der Waals surface area contributed by atoms with E-state index < -0.39 is 22.3 Å². The molecule has 4 rings (SSSR count). The number of nitrogens with zero attached hydrogens (tertiary/aromatic N) is 3. The van der Waals surface area contributed by atoms with E-state index in [0.29, 0.717) is 21.6 Å². The molecule has 33 heavy (non-hydrogen) atoms. The maximum absolute atomic E-state index is 13.3. The van der Waals surface area contributed by atoms with Crippen LogP contribution in [-0.2, 0) is 4.79 Å². The number of thioether (sulfide) groups is 1. The van der Waals surface area contributed by atoms with Gasteiger partial charge in [-0.15, -0.1) is 0 Å². The largest absolute Gasteiger partial charge is 0.320 e. The number of carbonyl (C=O) groups is 1. The van der Waals surface area contributed by atoms with Crippen LogP contribution in [0.2, 0.25) is 5.02 Å². The zero-order chi connectivity index (χ0) is 23.5. The Morgan fingerprint density at radius 2 is 1.88 bits per heavy atom. The highest BCUT2D eigenvalue weighted by atomic mass is 35.5. The van der Waals surface area contributed by atoms with Gasteiger partial charge in [0, 0.05) is 5.02 Å². The topological polar surface area (TPSA) is 107 Å². The zero-order valence-corrected chi connectivity index (χ0v) is 18.3. The van der Waals surface area contributed by atoms with E-state index in [1.807, 2.05) is 0 Å². The number of nitro benzene ring substituents is 1. The molecule has 11 heteroatoms. The smallest absolute Gasteiger partial charge is 0.295 e. The van der Waals surface area contributed by atoms with Crippen LogP contribution in [0.25, 0.3) is 16.6 Å². The summed E-state index contributed by atoms with van der Waals surface area (Å²) in [7, 11) is 0. The van der Waals surface area contributed by atoms with Gasteiger partial charge in [0.2, 0.25) is 5.91 Å². The number of carbonyl (C=O) groups excluding carboxylic acids is 1. The van der Waals surface area contributed by atoms with Crippen LogP contribution < -0.4 is 10.9 Å².